The summed E-state index contributed by atoms with van der Waals surface area (Å²) in [6.07, 6.45) is 8.02. The first-order chi connectivity index (χ1) is 15.5. The zero-order valence-electron chi connectivity index (χ0n) is 18.0. The average molecular weight is 465 g/mol. The SMILES string of the molecule is Cc1ncc(CCN2CCCC2)cc1Nc1ncc2c(n1)-c1ccc(Cl)cc1NC(=S)C2. The van der Waals surface area contributed by atoms with Crippen LogP contribution in [0, 0.1) is 6.92 Å². The van der Waals surface area contributed by atoms with Gasteiger partial charge < -0.3 is 15.5 Å². The number of nitrogens with zero attached hydrogens (tertiary/aromatic N) is 4. The molecule has 164 valence electrons. The Kier molecular flexibility index (Phi) is 6.04. The summed E-state index contributed by atoms with van der Waals surface area (Å²) in [5.41, 5.74) is 6.75. The molecule has 0 radical (unpaired) electrons. The fourth-order valence-electron chi connectivity index (χ4n) is 4.28. The Morgan fingerprint density at radius 3 is 2.84 bits per heavy atom. The first kappa shape index (κ1) is 21.2. The smallest absolute Gasteiger partial charge is 0.227 e. The van der Waals surface area contributed by atoms with Crippen molar-refractivity contribution in [3.63, 3.8) is 0 Å². The van der Waals surface area contributed by atoms with Crippen LogP contribution >= 0.6 is 23.8 Å². The van der Waals surface area contributed by atoms with Gasteiger partial charge >= 0.3 is 0 Å². The van der Waals surface area contributed by atoms with Crippen LogP contribution in [0.4, 0.5) is 17.3 Å². The number of halogens is 1. The van der Waals surface area contributed by atoms with E-state index in [1.807, 2.05) is 37.5 Å². The van der Waals surface area contributed by atoms with Crippen LogP contribution in [0.1, 0.15) is 29.7 Å². The van der Waals surface area contributed by atoms with Crippen molar-refractivity contribution < 1.29 is 0 Å². The van der Waals surface area contributed by atoms with Gasteiger partial charge in [0.05, 0.1) is 22.1 Å². The van der Waals surface area contributed by atoms with Crippen molar-refractivity contribution in [2.75, 3.05) is 30.3 Å². The van der Waals surface area contributed by atoms with Crippen LogP contribution in [0.5, 0.6) is 0 Å². The molecule has 2 N–H and O–H groups in total. The molecule has 0 unspecified atom stereocenters. The lowest BCUT2D eigenvalue weighted by atomic mass is 10.1. The number of rotatable bonds is 5. The van der Waals surface area contributed by atoms with Gasteiger partial charge in [0, 0.05) is 47.2 Å². The van der Waals surface area contributed by atoms with Gasteiger partial charge in [-0.1, -0.05) is 23.8 Å². The molecular weight excluding hydrogens is 440 g/mol. The summed E-state index contributed by atoms with van der Waals surface area (Å²) in [5.74, 6) is 0.541. The van der Waals surface area contributed by atoms with Crippen molar-refractivity contribution in [3.05, 3.63) is 58.5 Å². The first-order valence-electron chi connectivity index (χ1n) is 11.0. The lowest BCUT2D eigenvalue weighted by Gasteiger charge is -2.15. The van der Waals surface area contributed by atoms with E-state index in [0.717, 1.165) is 51.8 Å². The number of anilines is 3. The topological polar surface area (TPSA) is 66.0 Å². The van der Waals surface area contributed by atoms with Crippen LogP contribution in [0.3, 0.4) is 0 Å². The molecule has 0 atom stereocenters. The number of likely N-dealkylation sites (tertiary alicyclic amines) is 1. The average Bonchev–Trinajstić information content (AvgIpc) is 3.25. The molecule has 0 saturated carbocycles. The van der Waals surface area contributed by atoms with Gasteiger partial charge in [0.25, 0.3) is 0 Å². The van der Waals surface area contributed by atoms with Crippen LogP contribution in [-0.2, 0) is 12.8 Å². The number of hydrogen-bond donors (Lipinski definition) is 2. The van der Waals surface area contributed by atoms with Crippen LogP contribution in [-0.4, -0.2) is 44.5 Å². The minimum absolute atomic E-state index is 0.541. The molecule has 5 rings (SSSR count). The van der Waals surface area contributed by atoms with Gasteiger partial charge in [0.15, 0.2) is 0 Å². The Bertz CT molecular complexity index is 1180. The lowest BCUT2D eigenvalue weighted by Crippen LogP contribution is -2.22. The fraction of sp³-hybridized carbons (Fsp3) is 0.333. The van der Waals surface area contributed by atoms with Crippen LogP contribution in [0.25, 0.3) is 11.3 Å². The zero-order chi connectivity index (χ0) is 22.1. The maximum Gasteiger partial charge on any atom is 0.227 e. The minimum Gasteiger partial charge on any atom is -0.349 e. The number of benzene rings is 1. The van der Waals surface area contributed by atoms with Crippen molar-refractivity contribution in [2.45, 2.75) is 32.6 Å². The molecule has 0 amide bonds. The van der Waals surface area contributed by atoms with Gasteiger partial charge in [-0.05, 0) is 69.1 Å². The molecule has 2 aliphatic rings. The molecule has 0 spiro atoms. The first-order valence-corrected chi connectivity index (χ1v) is 11.7. The van der Waals surface area contributed by atoms with Gasteiger partial charge in [-0.3, -0.25) is 4.98 Å². The number of hydrogen-bond acceptors (Lipinski definition) is 6. The molecule has 0 aliphatic carbocycles. The number of aryl methyl sites for hydroxylation is 1. The third-order valence-corrected chi connectivity index (χ3v) is 6.51. The Labute approximate surface area is 198 Å². The molecule has 1 fully saturated rings. The Balaban J connectivity index is 1.42. The highest BCUT2D eigenvalue weighted by atomic mass is 35.5. The number of thiocarbonyl (C=S) groups is 1. The van der Waals surface area contributed by atoms with Crippen LogP contribution in [0.2, 0.25) is 5.02 Å². The number of pyridine rings is 1. The molecule has 0 bridgehead atoms. The highest BCUT2D eigenvalue weighted by Crippen LogP contribution is 2.35. The highest BCUT2D eigenvalue weighted by molar-refractivity contribution is 7.80. The summed E-state index contributed by atoms with van der Waals surface area (Å²) < 4.78 is 0. The van der Waals surface area contributed by atoms with E-state index in [1.54, 1.807) is 0 Å². The highest BCUT2D eigenvalue weighted by Gasteiger charge is 2.20. The van der Waals surface area contributed by atoms with E-state index in [1.165, 1.54) is 31.5 Å². The Morgan fingerprint density at radius 1 is 1.16 bits per heavy atom. The molecule has 32 heavy (non-hydrogen) atoms. The molecule has 4 heterocycles. The van der Waals surface area contributed by atoms with Crippen LogP contribution in [0.15, 0.2) is 36.7 Å². The van der Waals surface area contributed by atoms with Crippen molar-refractivity contribution in [1.29, 1.82) is 0 Å². The predicted octanol–water partition coefficient (Wildman–Crippen LogP) is 5.18. The molecule has 1 aromatic carbocycles. The second-order valence-electron chi connectivity index (χ2n) is 8.38. The quantitative estimate of drug-likeness (QED) is 0.504. The van der Waals surface area contributed by atoms with Gasteiger partial charge in [0.1, 0.15) is 0 Å². The summed E-state index contributed by atoms with van der Waals surface area (Å²) in [7, 11) is 0. The van der Waals surface area contributed by atoms with E-state index in [9.17, 15) is 0 Å². The van der Waals surface area contributed by atoms with Crippen molar-refractivity contribution in [2.24, 2.45) is 0 Å². The number of fused-ring (bicyclic) bond motifs is 3. The van der Waals surface area contributed by atoms with E-state index in [-0.39, 0.29) is 0 Å². The molecule has 2 aromatic heterocycles. The molecule has 8 heteroatoms. The van der Waals surface area contributed by atoms with E-state index >= 15 is 0 Å². The maximum absolute atomic E-state index is 6.20. The fourth-order valence-corrected chi connectivity index (χ4v) is 4.71. The van der Waals surface area contributed by atoms with Gasteiger partial charge in [0.2, 0.25) is 5.95 Å². The normalized spacial score (nSPS) is 15.6. The van der Waals surface area contributed by atoms with Gasteiger partial charge in [-0.2, -0.15) is 0 Å². The zero-order valence-corrected chi connectivity index (χ0v) is 19.6. The van der Waals surface area contributed by atoms with Crippen molar-refractivity contribution >= 4 is 46.1 Å². The van der Waals surface area contributed by atoms with Crippen molar-refractivity contribution in [1.82, 2.24) is 19.9 Å². The third kappa shape index (κ3) is 4.60. The lowest BCUT2D eigenvalue weighted by molar-refractivity contribution is 0.343. The summed E-state index contributed by atoms with van der Waals surface area (Å²) >= 11 is 11.7. The standard InChI is InChI=1S/C24H25ClN6S/c1-15-20(10-16(13-26-15)6-9-31-7-2-3-8-31)29-24-27-14-17-11-22(32)28-21-12-18(25)4-5-19(21)23(17)30-24/h4-5,10,12-14H,2-3,6-9,11H2,1H3,(H,28,32)(H,27,29,30). The Hall–Kier alpha value is -2.61. The molecular formula is C24H25ClN6S. The predicted molar refractivity (Wildman–Crippen MR) is 134 cm³/mol. The third-order valence-electron chi connectivity index (χ3n) is 6.03. The summed E-state index contributed by atoms with van der Waals surface area (Å²) in [4.78, 5) is 17.3. The molecule has 2 aliphatic heterocycles. The second-order valence-corrected chi connectivity index (χ2v) is 9.31. The number of aromatic nitrogens is 3. The summed E-state index contributed by atoms with van der Waals surface area (Å²) in [6, 6.07) is 7.89. The van der Waals surface area contributed by atoms with E-state index in [0.29, 0.717) is 17.4 Å². The van der Waals surface area contributed by atoms with Gasteiger partial charge in [-0.25, -0.2) is 9.97 Å². The summed E-state index contributed by atoms with van der Waals surface area (Å²) in [6.45, 7) is 5.48. The molecule has 6 nitrogen and oxygen atoms in total. The minimum atomic E-state index is 0.541. The summed E-state index contributed by atoms with van der Waals surface area (Å²) in [5, 5.41) is 7.32. The largest absolute Gasteiger partial charge is 0.349 e. The van der Waals surface area contributed by atoms with Crippen molar-refractivity contribution in [3.8, 4) is 11.3 Å². The number of nitrogens with one attached hydrogen (secondary N) is 2. The van der Waals surface area contributed by atoms with E-state index < -0.39 is 0 Å². The maximum atomic E-state index is 6.20. The Morgan fingerprint density at radius 2 is 2.00 bits per heavy atom. The van der Waals surface area contributed by atoms with Crippen LogP contribution < -0.4 is 10.6 Å². The van der Waals surface area contributed by atoms with Gasteiger partial charge in [-0.15, -0.1) is 0 Å². The van der Waals surface area contributed by atoms with E-state index in [2.05, 4.69) is 31.6 Å². The molecule has 3 aromatic rings. The van der Waals surface area contributed by atoms with E-state index in [4.69, 9.17) is 28.8 Å². The second kappa shape index (κ2) is 9.10. The molecule has 1 saturated heterocycles. The monoisotopic (exact) mass is 464 g/mol.